The second-order valence-corrected chi connectivity index (χ2v) is 5.96. The van der Waals surface area contributed by atoms with Crippen LogP contribution in [0.4, 0.5) is 0 Å². The molecular weight excluding hydrogens is 274 g/mol. The Hall–Kier alpha value is -1.88. The summed E-state index contributed by atoms with van der Waals surface area (Å²) in [6.07, 6.45) is 0.779. The molecule has 0 amide bonds. The van der Waals surface area contributed by atoms with Crippen LogP contribution in [0, 0.1) is 13.8 Å². The van der Waals surface area contributed by atoms with E-state index < -0.39 is 5.97 Å². The number of carbonyl (C=O) groups is 1. The molecule has 0 spiro atoms. The molecule has 0 aliphatic rings. The predicted octanol–water partition coefficient (Wildman–Crippen LogP) is 3.01. The summed E-state index contributed by atoms with van der Waals surface area (Å²) in [4.78, 5) is 16.4. The van der Waals surface area contributed by atoms with Gasteiger partial charge in [-0.25, -0.2) is 4.98 Å². The normalized spacial score (nSPS) is 10.5. The highest BCUT2D eigenvalue weighted by atomic mass is 32.1. The Balaban J connectivity index is 1.91. The minimum absolute atomic E-state index is 0.0155. The molecule has 1 heterocycles. The van der Waals surface area contributed by atoms with Crippen molar-refractivity contribution in [3.8, 4) is 5.75 Å². The van der Waals surface area contributed by atoms with Crippen molar-refractivity contribution in [1.82, 2.24) is 4.98 Å². The van der Waals surface area contributed by atoms with Crippen molar-refractivity contribution in [1.29, 1.82) is 0 Å². The summed E-state index contributed by atoms with van der Waals surface area (Å²) in [5.41, 5.74) is 1.82. The Kier molecular flexibility index (Phi) is 4.74. The van der Waals surface area contributed by atoms with Crippen molar-refractivity contribution in [3.05, 3.63) is 45.4 Å². The van der Waals surface area contributed by atoms with Crippen LogP contribution >= 0.6 is 11.3 Å². The van der Waals surface area contributed by atoms with Gasteiger partial charge < -0.3 is 9.84 Å². The van der Waals surface area contributed by atoms with E-state index in [0.717, 1.165) is 22.7 Å². The van der Waals surface area contributed by atoms with Gasteiger partial charge in [0.15, 0.2) is 0 Å². The summed E-state index contributed by atoms with van der Waals surface area (Å²) in [5, 5.41) is 9.84. The van der Waals surface area contributed by atoms with Crippen LogP contribution in [-0.2, 0) is 17.6 Å². The standard InChI is InChI=1S/C15H17NO3S/c1-10-14(16-11(2)20-10)6-7-19-13-5-3-4-12(8-13)9-15(17)18/h3-5,8H,6-7,9H2,1-2H3,(H,17,18). The van der Waals surface area contributed by atoms with E-state index in [0.29, 0.717) is 12.4 Å². The molecule has 0 saturated heterocycles. The lowest BCUT2D eigenvalue weighted by Gasteiger charge is -2.07. The third-order valence-electron chi connectivity index (χ3n) is 2.86. The molecule has 1 aromatic heterocycles. The van der Waals surface area contributed by atoms with E-state index in [1.54, 1.807) is 23.5 Å². The van der Waals surface area contributed by atoms with Gasteiger partial charge in [-0.2, -0.15) is 0 Å². The minimum Gasteiger partial charge on any atom is -0.493 e. The highest BCUT2D eigenvalue weighted by Gasteiger charge is 2.06. The first-order chi connectivity index (χ1) is 9.54. The number of nitrogens with zero attached hydrogens (tertiary/aromatic N) is 1. The molecule has 2 rings (SSSR count). The number of hydrogen-bond donors (Lipinski definition) is 1. The Morgan fingerprint density at radius 1 is 1.40 bits per heavy atom. The molecule has 0 aliphatic carbocycles. The molecule has 0 bridgehead atoms. The monoisotopic (exact) mass is 291 g/mol. The van der Waals surface area contributed by atoms with Crippen molar-refractivity contribution < 1.29 is 14.6 Å². The van der Waals surface area contributed by atoms with Gasteiger partial charge in [-0.15, -0.1) is 11.3 Å². The molecule has 4 nitrogen and oxygen atoms in total. The van der Waals surface area contributed by atoms with Crippen LogP contribution in [0.2, 0.25) is 0 Å². The minimum atomic E-state index is -0.837. The van der Waals surface area contributed by atoms with E-state index in [2.05, 4.69) is 11.9 Å². The number of aromatic nitrogens is 1. The molecule has 20 heavy (non-hydrogen) atoms. The summed E-state index contributed by atoms with van der Waals surface area (Å²) >= 11 is 1.69. The Morgan fingerprint density at radius 2 is 2.20 bits per heavy atom. The SMILES string of the molecule is Cc1nc(CCOc2cccc(CC(=O)O)c2)c(C)s1. The van der Waals surface area contributed by atoms with E-state index in [-0.39, 0.29) is 6.42 Å². The Labute approximate surface area is 122 Å². The van der Waals surface area contributed by atoms with Crippen LogP contribution in [-0.4, -0.2) is 22.7 Å². The number of carboxylic acid groups (broad SMARTS) is 1. The number of rotatable bonds is 6. The number of benzene rings is 1. The number of carboxylic acids is 1. The number of aliphatic carboxylic acids is 1. The second kappa shape index (κ2) is 6.52. The largest absolute Gasteiger partial charge is 0.493 e. The maximum absolute atomic E-state index is 10.7. The maximum atomic E-state index is 10.7. The molecule has 1 N–H and O–H groups in total. The van der Waals surface area contributed by atoms with Gasteiger partial charge >= 0.3 is 5.97 Å². The molecule has 0 radical (unpaired) electrons. The fourth-order valence-electron chi connectivity index (χ4n) is 1.99. The Morgan fingerprint density at radius 3 is 2.85 bits per heavy atom. The van der Waals surface area contributed by atoms with Crippen molar-refractivity contribution in [2.45, 2.75) is 26.7 Å². The van der Waals surface area contributed by atoms with Crippen molar-refractivity contribution in [2.75, 3.05) is 6.61 Å². The first-order valence-corrected chi connectivity index (χ1v) is 7.22. The summed E-state index contributed by atoms with van der Waals surface area (Å²) in [6.45, 7) is 4.60. The fourth-order valence-corrected chi connectivity index (χ4v) is 2.85. The molecule has 0 fully saturated rings. The lowest BCUT2D eigenvalue weighted by atomic mass is 10.1. The van der Waals surface area contributed by atoms with Gasteiger partial charge in [-0.3, -0.25) is 4.79 Å². The van der Waals surface area contributed by atoms with Gasteiger partial charge in [0.1, 0.15) is 5.75 Å². The van der Waals surface area contributed by atoms with Gasteiger partial charge in [0.05, 0.1) is 23.7 Å². The highest BCUT2D eigenvalue weighted by Crippen LogP contribution is 2.18. The topological polar surface area (TPSA) is 59.4 Å². The Bertz CT molecular complexity index is 607. The van der Waals surface area contributed by atoms with E-state index in [1.165, 1.54) is 4.88 Å². The number of hydrogen-bond acceptors (Lipinski definition) is 4. The molecule has 0 aliphatic heterocycles. The summed E-state index contributed by atoms with van der Waals surface area (Å²) in [6, 6.07) is 7.21. The van der Waals surface area contributed by atoms with Crippen molar-refractivity contribution >= 4 is 17.3 Å². The van der Waals surface area contributed by atoms with Gasteiger partial charge in [-0.1, -0.05) is 12.1 Å². The van der Waals surface area contributed by atoms with Crippen LogP contribution in [0.15, 0.2) is 24.3 Å². The van der Waals surface area contributed by atoms with Gasteiger partial charge in [0, 0.05) is 11.3 Å². The third-order valence-corrected chi connectivity index (χ3v) is 3.79. The molecule has 0 atom stereocenters. The molecular formula is C15H17NO3S. The van der Waals surface area contributed by atoms with E-state index in [4.69, 9.17) is 9.84 Å². The number of thiazole rings is 1. The summed E-state index contributed by atoms with van der Waals surface area (Å²) in [5.74, 6) is -0.135. The summed E-state index contributed by atoms with van der Waals surface area (Å²) < 4.78 is 5.67. The van der Waals surface area contributed by atoms with Gasteiger partial charge in [0.2, 0.25) is 0 Å². The molecule has 106 valence electrons. The second-order valence-electron chi connectivity index (χ2n) is 4.55. The lowest BCUT2D eigenvalue weighted by molar-refractivity contribution is -0.136. The van der Waals surface area contributed by atoms with Crippen LogP contribution in [0.25, 0.3) is 0 Å². The zero-order chi connectivity index (χ0) is 14.5. The predicted molar refractivity (Wildman–Crippen MR) is 78.6 cm³/mol. The number of aryl methyl sites for hydroxylation is 2. The average molecular weight is 291 g/mol. The van der Waals surface area contributed by atoms with Crippen LogP contribution in [0.1, 0.15) is 21.1 Å². The number of ether oxygens (including phenoxy) is 1. The highest BCUT2D eigenvalue weighted by molar-refractivity contribution is 7.11. The zero-order valence-electron chi connectivity index (χ0n) is 11.5. The fraction of sp³-hybridized carbons (Fsp3) is 0.333. The quantitative estimate of drug-likeness (QED) is 0.888. The zero-order valence-corrected chi connectivity index (χ0v) is 12.4. The van der Waals surface area contributed by atoms with E-state index in [9.17, 15) is 4.79 Å². The van der Waals surface area contributed by atoms with Crippen LogP contribution in [0.5, 0.6) is 5.75 Å². The van der Waals surface area contributed by atoms with Crippen LogP contribution < -0.4 is 4.74 Å². The van der Waals surface area contributed by atoms with Gasteiger partial charge in [-0.05, 0) is 31.5 Å². The van der Waals surface area contributed by atoms with Crippen molar-refractivity contribution in [3.63, 3.8) is 0 Å². The molecule has 5 heteroatoms. The average Bonchev–Trinajstić information content (AvgIpc) is 2.67. The first kappa shape index (κ1) is 14.5. The molecule has 0 saturated carbocycles. The van der Waals surface area contributed by atoms with Crippen molar-refractivity contribution in [2.24, 2.45) is 0 Å². The first-order valence-electron chi connectivity index (χ1n) is 6.41. The van der Waals surface area contributed by atoms with E-state index >= 15 is 0 Å². The van der Waals surface area contributed by atoms with Crippen LogP contribution in [0.3, 0.4) is 0 Å². The third kappa shape index (κ3) is 4.06. The van der Waals surface area contributed by atoms with E-state index in [1.807, 2.05) is 19.1 Å². The van der Waals surface area contributed by atoms with Gasteiger partial charge in [0.25, 0.3) is 0 Å². The molecule has 0 unspecified atom stereocenters. The lowest BCUT2D eigenvalue weighted by Crippen LogP contribution is -2.04. The summed E-state index contributed by atoms with van der Waals surface area (Å²) in [7, 11) is 0. The molecule has 2 aromatic rings. The maximum Gasteiger partial charge on any atom is 0.307 e. The smallest absolute Gasteiger partial charge is 0.307 e. The molecule has 1 aromatic carbocycles.